The third-order valence-electron chi connectivity index (χ3n) is 5.85. The van der Waals surface area contributed by atoms with Crippen molar-refractivity contribution in [1.82, 2.24) is 9.78 Å². The van der Waals surface area contributed by atoms with E-state index in [0.29, 0.717) is 23.1 Å². The number of fused-ring (bicyclic) bond motifs is 1. The number of nitrogens with zero attached hydrogens (tertiary/aromatic N) is 2. The summed E-state index contributed by atoms with van der Waals surface area (Å²) in [5, 5.41) is 11.1. The molecule has 1 aliphatic carbocycles. The summed E-state index contributed by atoms with van der Waals surface area (Å²) >= 11 is 6.04. The molecule has 27 heavy (non-hydrogen) atoms. The normalized spacial score (nSPS) is 20.9. The standard InChI is InChI=1S/C20H23ClN4O2/c1-12-11-15(26)22-18-16(12)17(24-25(18)2)23-19(27)20(9-3-4-10-20)13-5-7-14(21)8-6-13/h5-8,12H,3-4,9-11H2,1-2H3,(H,22,26)(H,23,24,27). The first-order valence-electron chi connectivity index (χ1n) is 9.35. The van der Waals surface area contributed by atoms with Crippen molar-refractivity contribution in [2.24, 2.45) is 7.05 Å². The van der Waals surface area contributed by atoms with E-state index in [1.165, 1.54) is 0 Å². The van der Waals surface area contributed by atoms with Gasteiger partial charge < -0.3 is 10.6 Å². The Bertz CT molecular complexity index is 897. The summed E-state index contributed by atoms with van der Waals surface area (Å²) in [6.07, 6.45) is 4.04. The van der Waals surface area contributed by atoms with Crippen LogP contribution < -0.4 is 10.6 Å². The van der Waals surface area contributed by atoms with Crippen LogP contribution >= 0.6 is 11.6 Å². The number of anilines is 2. The van der Waals surface area contributed by atoms with Gasteiger partial charge in [0.15, 0.2) is 5.82 Å². The van der Waals surface area contributed by atoms with Gasteiger partial charge in [0.25, 0.3) is 0 Å². The highest BCUT2D eigenvalue weighted by molar-refractivity contribution is 6.30. The molecular formula is C20H23ClN4O2. The maximum absolute atomic E-state index is 13.4. The van der Waals surface area contributed by atoms with Gasteiger partial charge in [0.1, 0.15) is 5.82 Å². The maximum Gasteiger partial charge on any atom is 0.236 e. The molecule has 2 heterocycles. The summed E-state index contributed by atoms with van der Waals surface area (Å²) in [5.74, 6) is 1.16. The van der Waals surface area contributed by atoms with Gasteiger partial charge in [0, 0.05) is 24.1 Å². The molecule has 7 heteroatoms. The number of nitrogens with one attached hydrogen (secondary N) is 2. The molecule has 1 aromatic heterocycles. The average molecular weight is 387 g/mol. The number of aryl methyl sites for hydroxylation is 1. The van der Waals surface area contributed by atoms with Crippen LogP contribution in [0.25, 0.3) is 0 Å². The number of aromatic nitrogens is 2. The molecule has 1 unspecified atom stereocenters. The maximum atomic E-state index is 13.4. The van der Waals surface area contributed by atoms with E-state index in [0.717, 1.165) is 36.8 Å². The predicted molar refractivity (Wildman–Crippen MR) is 105 cm³/mol. The van der Waals surface area contributed by atoms with E-state index in [4.69, 9.17) is 11.6 Å². The van der Waals surface area contributed by atoms with E-state index in [2.05, 4.69) is 15.7 Å². The minimum Gasteiger partial charge on any atom is -0.311 e. The van der Waals surface area contributed by atoms with Crippen LogP contribution in [0.15, 0.2) is 24.3 Å². The first kappa shape index (κ1) is 18.0. The summed E-state index contributed by atoms with van der Waals surface area (Å²) in [7, 11) is 1.78. The Morgan fingerprint density at radius 2 is 1.96 bits per heavy atom. The second-order valence-corrected chi connectivity index (χ2v) is 8.07. The lowest BCUT2D eigenvalue weighted by atomic mass is 9.78. The molecular weight excluding hydrogens is 364 g/mol. The number of benzene rings is 1. The molecule has 0 radical (unpaired) electrons. The van der Waals surface area contributed by atoms with Gasteiger partial charge in [-0.3, -0.25) is 14.3 Å². The van der Waals surface area contributed by atoms with Crippen molar-refractivity contribution in [3.8, 4) is 0 Å². The van der Waals surface area contributed by atoms with Crippen LogP contribution in [0.4, 0.5) is 11.6 Å². The third kappa shape index (κ3) is 3.02. The van der Waals surface area contributed by atoms with Gasteiger partial charge in [-0.05, 0) is 36.5 Å². The van der Waals surface area contributed by atoms with Crippen LogP contribution in [0.2, 0.25) is 5.02 Å². The first-order chi connectivity index (χ1) is 12.9. The SMILES string of the molecule is CC1CC(=O)Nc2c1c(NC(=O)C1(c3ccc(Cl)cc3)CCCC1)nn2C. The largest absolute Gasteiger partial charge is 0.311 e. The zero-order chi connectivity index (χ0) is 19.2. The number of hydrogen-bond donors (Lipinski definition) is 2. The summed E-state index contributed by atoms with van der Waals surface area (Å²) in [6, 6.07) is 7.57. The molecule has 4 rings (SSSR count). The summed E-state index contributed by atoms with van der Waals surface area (Å²) in [5.41, 5.74) is 1.33. The van der Waals surface area contributed by atoms with Crippen LogP contribution in [-0.4, -0.2) is 21.6 Å². The van der Waals surface area contributed by atoms with Crippen molar-refractivity contribution in [2.75, 3.05) is 10.6 Å². The molecule has 2 amide bonds. The quantitative estimate of drug-likeness (QED) is 0.837. The molecule has 1 atom stereocenters. The van der Waals surface area contributed by atoms with Crippen LogP contribution in [0.3, 0.4) is 0 Å². The lowest BCUT2D eigenvalue weighted by Gasteiger charge is -2.28. The molecule has 2 N–H and O–H groups in total. The molecule has 0 spiro atoms. The minimum atomic E-state index is -0.559. The summed E-state index contributed by atoms with van der Waals surface area (Å²) in [4.78, 5) is 25.2. The Kier molecular flexibility index (Phi) is 4.46. The van der Waals surface area contributed by atoms with E-state index in [1.807, 2.05) is 31.2 Å². The molecule has 2 aromatic rings. The molecule has 1 saturated carbocycles. The highest BCUT2D eigenvalue weighted by atomic mass is 35.5. The van der Waals surface area contributed by atoms with Crippen LogP contribution in [0, 0.1) is 0 Å². The zero-order valence-electron chi connectivity index (χ0n) is 15.5. The van der Waals surface area contributed by atoms with Crippen molar-refractivity contribution in [1.29, 1.82) is 0 Å². The van der Waals surface area contributed by atoms with Gasteiger partial charge in [-0.25, -0.2) is 0 Å². The number of carbonyl (C=O) groups excluding carboxylic acids is 2. The van der Waals surface area contributed by atoms with E-state index < -0.39 is 5.41 Å². The number of hydrogen-bond acceptors (Lipinski definition) is 3. The summed E-state index contributed by atoms with van der Waals surface area (Å²) in [6.45, 7) is 1.99. The lowest BCUT2D eigenvalue weighted by Crippen LogP contribution is -2.38. The fraction of sp³-hybridized carbons (Fsp3) is 0.450. The van der Waals surface area contributed by atoms with Crippen molar-refractivity contribution in [2.45, 2.75) is 50.4 Å². The van der Waals surface area contributed by atoms with E-state index in [-0.39, 0.29) is 17.7 Å². The second-order valence-electron chi connectivity index (χ2n) is 7.64. The fourth-order valence-corrected chi connectivity index (χ4v) is 4.56. The van der Waals surface area contributed by atoms with Gasteiger partial charge in [0.05, 0.1) is 5.41 Å². The van der Waals surface area contributed by atoms with Gasteiger partial charge >= 0.3 is 0 Å². The fourth-order valence-electron chi connectivity index (χ4n) is 4.43. The number of halogens is 1. The van der Waals surface area contributed by atoms with Crippen LogP contribution in [0.1, 0.15) is 56.1 Å². The Morgan fingerprint density at radius 1 is 1.30 bits per heavy atom. The zero-order valence-corrected chi connectivity index (χ0v) is 16.3. The predicted octanol–water partition coefficient (Wildman–Crippen LogP) is 3.97. The highest BCUT2D eigenvalue weighted by Crippen LogP contribution is 2.43. The van der Waals surface area contributed by atoms with E-state index in [1.54, 1.807) is 11.7 Å². The van der Waals surface area contributed by atoms with E-state index >= 15 is 0 Å². The topological polar surface area (TPSA) is 76.0 Å². The van der Waals surface area contributed by atoms with Crippen molar-refractivity contribution >= 4 is 35.1 Å². The van der Waals surface area contributed by atoms with Gasteiger partial charge in [0.2, 0.25) is 11.8 Å². The monoisotopic (exact) mass is 386 g/mol. The molecule has 6 nitrogen and oxygen atoms in total. The van der Waals surface area contributed by atoms with E-state index in [9.17, 15) is 9.59 Å². The van der Waals surface area contributed by atoms with Crippen molar-refractivity contribution in [3.63, 3.8) is 0 Å². The van der Waals surface area contributed by atoms with Crippen LogP contribution in [0.5, 0.6) is 0 Å². The molecule has 1 aliphatic heterocycles. The molecule has 142 valence electrons. The average Bonchev–Trinajstić information content (AvgIpc) is 3.22. The second kappa shape index (κ2) is 6.68. The Hall–Kier alpha value is -2.34. The van der Waals surface area contributed by atoms with Crippen LogP contribution in [-0.2, 0) is 22.1 Å². The van der Waals surface area contributed by atoms with Crippen molar-refractivity contribution < 1.29 is 9.59 Å². The molecule has 1 aromatic carbocycles. The molecule has 1 fully saturated rings. The Labute approximate surface area is 163 Å². The van der Waals surface area contributed by atoms with Crippen molar-refractivity contribution in [3.05, 3.63) is 40.4 Å². The van der Waals surface area contributed by atoms with Gasteiger partial charge in [-0.2, -0.15) is 5.10 Å². The smallest absolute Gasteiger partial charge is 0.236 e. The van der Waals surface area contributed by atoms with Gasteiger partial charge in [-0.1, -0.05) is 43.5 Å². The minimum absolute atomic E-state index is 0.00723. The first-order valence-corrected chi connectivity index (χ1v) is 9.73. The number of rotatable bonds is 3. The molecule has 2 aliphatic rings. The van der Waals surface area contributed by atoms with Gasteiger partial charge in [-0.15, -0.1) is 0 Å². The third-order valence-corrected chi connectivity index (χ3v) is 6.10. The Morgan fingerprint density at radius 3 is 2.63 bits per heavy atom. The number of amides is 2. The highest BCUT2D eigenvalue weighted by Gasteiger charge is 2.43. The summed E-state index contributed by atoms with van der Waals surface area (Å²) < 4.78 is 1.63. The lowest BCUT2D eigenvalue weighted by molar-refractivity contribution is -0.121. The number of carbonyl (C=O) groups is 2. The Balaban J connectivity index is 1.68. The molecule has 0 saturated heterocycles. The molecule has 0 bridgehead atoms.